The van der Waals surface area contributed by atoms with E-state index < -0.39 is 0 Å². The molecule has 0 unspecified atom stereocenters. The van der Waals surface area contributed by atoms with Crippen molar-refractivity contribution in [2.75, 3.05) is 11.9 Å². The van der Waals surface area contributed by atoms with Gasteiger partial charge in [-0.05, 0) is 12.1 Å². The molecule has 10 heavy (non-hydrogen) atoms. The Morgan fingerprint density at radius 2 is 2.10 bits per heavy atom. The van der Waals surface area contributed by atoms with Crippen LogP contribution in [-0.4, -0.2) is 12.3 Å². The number of fused-ring (bicyclic) bond motifs is 1. The Morgan fingerprint density at radius 1 is 1.30 bits per heavy atom. The molecule has 0 spiro atoms. The normalized spacial score (nSPS) is 14.6. The average Bonchev–Trinajstić information content (AvgIpc) is 2.34. The maximum Gasteiger partial charge on any atom is 0.201 e. The molecule has 0 bridgehead atoms. The summed E-state index contributed by atoms with van der Waals surface area (Å²) in [7, 11) is 0. The van der Waals surface area contributed by atoms with E-state index in [0.717, 1.165) is 23.5 Å². The van der Waals surface area contributed by atoms with E-state index in [1.54, 1.807) is 0 Å². The molecule has 1 heterocycles. The van der Waals surface area contributed by atoms with Crippen molar-refractivity contribution in [2.45, 2.75) is 0 Å². The van der Waals surface area contributed by atoms with Crippen molar-refractivity contribution in [3.8, 4) is 0 Å². The van der Waals surface area contributed by atoms with Gasteiger partial charge in [0.15, 0.2) is 0 Å². The van der Waals surface area contributed by atoms with Crippen molar-refractivity contribution in [1.29, 1.82) is 0 Å². The van der Waals surface area contributed by atoms with Gasteiger partial charge in [0.25, 0.3) is 0 Å². The van der Waals surface area contributed by atoms with E-state index in [-0.39, 0.29) is 0 Å². The van der Waals surface area contributed by atoms with Crippen LogP contribution in [0.1, 0.15) is 5.56 Å². The zero-order valence-corrected chi connectivity index (χ0v) is 5.59. The van der Waals surface area contributed by atoms with Crippen LogP contribution in [0, 0.1) is 0 Å². The Morgan fingerprint density at radius 3 is 2.90 bits per heavy atom. The van der Waals surface area contributed by atoms with Crippen LogP contribution in [0.15, 0.2) is 24.3 Å². The van der Waals surface area contributed by atoms with E-state index in [0.29, 0.717) is 0 Å². The van der Waals surface area contributed by atoms with Gasteiger partial charge in [0.05, 0.1) is 5.56 Å². The molecule has 1 aromatic rings. The van der Waals surface area contributed by atoms with Gasteiger partial charge < -0.3 is 5.32 Å². The average molecular weight is 133 g/mol. The highest BCUT2D eigenvalue weighted by atomic mass is 14.9. The maximum atomic E-state index is 5.70. The summed E-state index contributed by atoms with van der Waals surface area (Å²) in [5, 5.41) is 8.89. The summed E-state index contributed by atoms with van der Waals surface area (Å²) < 4.78 is 0. The number of nitrogens with two attached hydrogens (primary N) is 1. The highest BCUT2D eigenvalue weighted by Gasteiger charge is 2.17. The number of rotatable bonds is 0. The van der Waals surface area contributed by atoms with Crippen molar-refractivity contribution < 1.29 is 5.41 Å². The molecule has 2 heteroatoms. The van der Waals surface area contributed by atoms with Crippen molar-refractivity contribution in [3.05, 3.63) is 29.8 Å². The number of hydrogen-bond acceptors (Lipinski definition) is 1. The Bertz CT molecular complexity index is 278. The van der Waals surface area contributed by atoms with Crippen LogP contribution in [0.3, 0.4) is 0 Å². The van der Waals surface area contributed by atoms with Crippen molar-refractivity contribution >= 4 is 11.4 Å². The zero-order valence-electron chi connectivity index (χ0n) is 5.59. The fraction of sp³-hybridized carbons (Fsp3) is 0.125. The smallest absolute Gasteiger partial charge is 0.201 e. The summed E-state index contributed by atoms with van der Waals surface area (Å²) in [6, 6.07) is 8.07. The standard InChI is InChI=1S/C8H8N2/c9-7-5-10-8-4-2-1-3-6(7)8/h1-4,9-10H,5H2/p+1. The molecule has 0 fully saturated rings. The first-order chi connectivity index (χ1) is 4.88. The van der Waals surface area contributed by atoms with Crippen LogP contribution >= 0.6 is 0 Å². The number of anilines is 1. The van der Waals surface area contributed by atoms with Crippen molar-refractivity contribution in [2.24, 2.45) is 0 Å². The van der Waals surface area contributed by atoms with Crippen LogP contribution in [0.5, 0.6) is 0 Å². The fourth-order valence-electron chi connectivity index (χ4n) is 1.20. The van der Waals surface area contributed by atoms with Gasteiger partial charge in [-0.25, -0.2) is 0 Å². The Labute approximate surface area is 59.4 Å². The first kappa shape index (κ1) is 5.47. The van der Waals surface area contributed by atoms with Gasteiger partial charge in [-0.1, -0.05) is 12.1 Å². The van der Waals surface area contributed by atoms with Gasteiger partial charge in [-0.2, -0.15) is 0 Å². The monoisotopic (exact) mass is 133 g/mol. The van der Waals surface area contributed by atoms with Crippen LogP contribution in [0.2, 0.25) is 0 Å². The highest BCUT2D eigenvalue weighted by Crippen LogP contribution is 2.18. The molecule has 0 atom stereocenters. The van der Waals surface area contributed by atoms with Crippen molar-refractivity contribution in [3.63, 3.8) is 0 Å². The largest absolute Gasteiger partial charge is 0.375 e. The molecule has 1 aromatic carbocycles. The van der Waals surface area contributed by atoms with E-state index >= 15 is 0 Å². The minimum absolute atomic E-state index is 0.791. The van der Waals surface area contributed by atoms with E-state index in [9.17, 15) is 0 Å². The molecule has 1 aliphatic rings. The second kappa shape index (κ2) is 1.84. The summed E-state index contributed by atoms with van der Waals surface area (Å²) >= 11 is 0. The first-order valence-electron chi connectivity index (χ1n) is 3.32. The van der Waals surface area contributed by atoms with Gasteiger partial charge in [-0.15, -0.1) is 0 Å². The molecule has 0 aliphatic carbocycles. The Balaban J connectivity index is 2.61. The minimum Gasteiger partial charge on any atom is -0.375 e. The highest BCUT2D eigenvalue weighted by molar-refractivity contribution is 6.07. The number of benzene rings is 1. The molecule has 0 radical (unpaired) electrons. The first-order valence-corrected chi connectivity index (χ1v) is 3.32. The Hall–Kier alpha value is -1.31. The molecule has 0 aromatic heterocycles. The summed E-state index contributed by atoms with van der Waals surface area (Å²) in [5.74, 6) is 0. The fourth-order valence-corrected chi connectivity index (χ4v) is 1.20. The zero-order chi connectivity index (χ0) is 6.97. The molecular weight excluding hydrogens is 124 g/mol. The molecule has 50 valence electrons. The number of nitrogens with one attached hydrogen (secondary N) is 1. The number of hydrogen-bond donors (Lipinski definition) is 2. The quantitative estimate of drug-likeness (QED) is 0.499. The van der Waals surface area contributed by atoms with Gasteiger partial charge in [0.1, 0.15) is 6.54 Å². The van der Waals surface area contributed by atoms with Gasteiger partial charge in [-0.3, -0.25) is 5.41 Å². The lowest BCUT2D eigenvalue weighted by atomic mass is 10.1. The van der Waals surface area contributed by atoms with E-state index in [1.165, 1.54) is 0 Å². The summed E-state index contributed by atoms with van der Waals surface area (Å²) in [5.41, 5.74) is 3.25. The van der Waals surface area contributed by atoms with Gasteiger partial charge in [0, 0.05) is 5.69 Å². The second-order valence-electron chi connectivity index (χ2n) is 2.42. The van der Waals surface area contributed by atoms with Gasteiger partial charge in [0.2, 0.25) is 5.71 Å². The summed E-state index contributed by atoms with van der Waals surface area (Å²) in [6.45, 7) is 0.791. The maximum absolute atomic E-state index is 5.70. The molecule has 2 nitrogen and oxygen atoms in total. The molecule has 2 rings (SSSR count). The lowest BCUT2D eigenvalue weighted by Gasteiger charge is -1.92. The van der Waals surface area contributed by atoms with E-state index in [4.69, 9.17) is 5.41 Å². The predicted molar refractivity (Wildman–Crippen MR) is 41.0 cm³/mol. The third kappa shape index (κ3) is 0.620. The topological polar surface area (TPSA) is 37.6 Å². The van der Waals surface area contributed by atoms with Crippen LogP contribution < -0.4 is 10.7 Å². The molecule has 3 N–H and O–H groups in total. The van der Waals surface area contributed by atoms with Gasteiger partial charge >= 0.3 is 0 Å². The SMILES string of the molecule is [NH2+]=C1CNc2ccccc21. The van der Waals surface area contributed by atoms with Crippen LogP contribution in [0.25, 0.3) is 0 Å². The molecule has 0 amide bonds. The minimum atomic E-state index is 0.791. The molecule has 1 aliphatic heterocycles. The Kier molecular flexibility index (Phi) is 1.01. The lowest BCUT2D eigenvalue weighted by Crippen LogP contribution is -2.41. The molecule has 0 saturated carbocycles. The number of para-hydroxylation sites is 1. The van der Waals surface area contributed by atoms with E-state index in [1.807, 2.05) is 24.3 Å². The van der Waals surface area contributed by atoms with E-state index in [2.05, 4.69) is 5.32 Å². The predicted octanol–water partition coefficient (Wildman–Crippen LogP) is -0.340. The lowest BCUT2D eigenvalue weighted by molar-refractivity contribution is -0.113. The second-order valence-corrected chi connectivity index (χ2v) is 2.42. The summed E-state index contributed by atoms with van der Waals surface area (Å²) in [6.07, 6.45) is 0. The van der Waals surface area contributed by atoms with Crippen molar-refractivity contribution in [1.82, 2.24) is 0 Å². The third-order valence-electron chi connectivity index (χ3n) is 1.74. The third-order valence-corrected chi connectivity index (χ3v) is 1.74. The molecular formula is C8H9N2+. The summed E-state index contributed by atoms with van der Waals surface area (Å²) in [4.78, 5) is 0. The van der Waals surface area contributed by atoms with Crippen LogP contribution in [0.4, 0.5) is 5.69 Å². The van der Waals surface area contributed by atoms with Crippen LogP contribution in [-0.2, 0) is 0 Å². The molecule has 0 saturated heterocycles.